The lowest BCUT2D eigenvalue weighted by Gasteiger charge is -1.88. The molecule has 0 aliphatic rings. The van der Waals surface area contributed by atoms with Crippen LogP contribution in [0.5, 0.6) is 0 Å². The summed E-state index contributed by atoms with van der Waals surface area (Å²) in [6.07, 6.45) is 4.43. The van der Waals surface area contributed by atoms with E-state index in [0.29, 0.717) is 0 Å². The lowest BCUT2D eigenvalue weighted by Crippen LogP contribution is -2.06. The van der Waals surface area contributed by atoms with Crippen LogP contribution < -0.4 is 0 Å². The minimum Gasteiger partial charge on any atom is -0.435 e. The minimum atomic E-state index is -1.24. The van der Waals surface area contributed by atoms with Crippen LogP contribution in [-0.2, 0) is 0 Å². The summed E-state index contributed by atoms with van der Waals surface area (Å²) in [4.78, 5) is 8.89. The van der Waals surface area contributed by atoms with Gasteiger partial charge in [-0.1, -0.05) is 25.1 Å². The van der Waals surface area contributed by atoms with Gasteiger partial charge in [0.05, 0.1) is 0 Å². The fourth-order valence-electron chi connectivity index (χ4n) is 0.460. The normalized spacial score (nSPS) is 15.2. The van der Waals surface area contributed by atoms with E-state index >= 15 is 0 Å². The van der Waals surface area contributed by atoms with Crippen LogP contribution in [0.4, 0.5) is 0 Å². The number of hydrogen-bond acceptors (Lipinski definition) is 1. The molecule has 1 nitrogen and oxygen atoms in total. The average Bonchev–Trinajstić information content (AvgIpc) is 1.66. The fourth-order valence-corrected chi connectivity index (χ4v) is 1.86. The molecule has 0 amide bonds. The first-order chi connectivity index (χ1) is 3.77. The smallest absolute Gasteiger partial charge is 0.172 e. The van der Waals surface area contributed by atoms with Crippen molar-refractivity contribution in [3.63, 3.8) is 0 Å². The van der Waals surface area contributed by atoms with Gasteiger partial charge in [0.2, 0.25) is 0 Å². The molecule has 0 fully saturated rings. The fraction of sp³-hybridized carbons (Fsp3) is 0.600. The molecule has 0 heterocycles. The Morgan fingerprint density at radius 1 is 1.75 bits per heavy atom. The molecule has 0 saturated carbocycles. The van der Waals surface area contributed by atoms with Crippen molar-refractivity contribution in [2.75, 3.05) is 0 Å². The predicted molar refractivity (Wildman–Crippen MR) is 43.4 cm³/mol. The molecule has 0 rings (SSSR count). The van der Waals surface area contributed by atoms with Gasteiger partial charge in [-0.15, -0.1) is 0 Å². The van der Waals surface area contributed by atoms with E-state index in [2.05, 4.69) is 13.0 Å². The van der Waals surface area contributed by atoms with Gasteiger partial charge in [-0.2, -0.15) is 0 Å². The molecular formula is C5H14OSi2. The van der Waals surface area contributed by atoms with Gasteiger partial charge < -0.3 is 4.80 Å². The van der Waals surface area contributed by atoms with E-state index in [9.17, 15) is 0 Å². The van der Waals surface area contributed by atoms with Crippen LogP contribution in [0.15, 0.2) is 11.8 Å². The maximum Gasteiger partial charge on any atom is 0.172 e. The summed E-state index contributed by atoms with van der Waals surface area (Å²) in [5, 5.41) is 0. The second kappa shape index (κ2) is 5.27. The molecule has 0 aromatic rings. The van der Waals surface area contributed by atoms with Crippen molar-refractivity contribution >= 4 is 18.3 Å². The monoisotopic (exact) mass is 146 g/mol. The zero-order valence-electron chi connectivity index (χ0n) is 5.59. The molecule has 0 aliphatic carbocycles. The average molecular weight is 146 g/mol. The highest BCUT2D eigenvalue weighted by Crippen LogP contribution is 1.87. The van der Waals surface area contributed by atoms with Crippen LogP contribution in [0.1, 0.15) is 19.8 Å². The van der Waals surface area contributed by atoms with E-state index in [1.807, 2.05) is 5.70 Å². The highest BCUT2D eigenvalue weighted by atomic mass is 29.2. The molecule has 1 unspecified atom stereocenters. The van der Waals surface area contributed by atoms with E-state index in [-0.39, 0.29) is 0 Å². The number of unbranched alkanes of at least 4 members (excludes halogenated alkanes) is 1. The maximum atomic E-state index is 8.89. The molecular weight excluding hydrogens is 132 g/mol. The molecule has 0 bridgehead atoms. The Bertz CT molecular complexity index is 70.8. The van der Waals surface area contributed by atoms with Crippen molar-refractivity contribution in [3.8, 4) is 0 Å². The summed E-state index contributed by atoms with van der Waals surface area (Å²) < 4.78 is 0. The molecule has 48 valence electrons. The Kier molecular flexibility index (Phi) is 5.36. The molecule has 0 saturated heterocycles. The van der Waals surface area contributed by atoms with Crippen molar-refractivity contribution in [2.24, 2.45) is 0 Å². The molecule has 0 aromatic carbocycles. The summed E-state index contributed by atoms with van der Waals surface area (Å²) in [5.41, 5.74) is 2.01. The van der Waals surface area contributed by atoms with Gasteiger partial charge in [0.15, 0.2) is 8.56 Å². The van der Waals surface area contributed by atoms with E-state index < -0.39 is 8.56 Å². The van der Waals surface area contributed by atoms with Crippen molar-refractivity contribution in [3.05, 3.63) is 11.8 Å². The molecule has 1 N–H and O–H groups in total. The molecule has 0 radical (unpaired) electrons. The summed E-state index contributed by atoms with van der Waals surface area (Å²) in [6.45, 7) is 2.14. The number of hydrogen-bond donors (Lipinski definition) is 1. The maximum absolute atomic E-state index is 8.89. The van der Waals surface area contributed by atoms with Crippen LogP contribution in [0.25, 0.3) is 0 Å². The van der Waals surface area contributed by atoms with E-state index in [1.54, 1.807) is 0 Å². The summed E-state index contributed by atoms with van der Waals surface area (Å²) in [5.74, 6) is 0. The van der Waals surface area contributed by atoms with Gasteiger partial charge in [0, 0.05) is 9.76 Å². The molecule has 0 spiro atoms. The van der Waals surface area contributed by atoms with E-state index in [4.69, 9.17) is 4.80 Å². The van der Waals surface area contributed by atoms with Crippen molar-refractivity contribution in [1.82, 2.24) is 0 Å². The van der Waals surface area contributed by atoms with Crippen LogP contribution in [0.3, 0.4) is 0 Å². The quantitative estimate of drug-likeness (QED) is 0.530. The van der Waals surface area contributed by atoms with Gasteiger partial charge in [-0.25, -0.2) is 0 Å². The van der Waals surface area contributed by atoms with E-state index in [0.717, 1.165) is 16.2 Å². The molecule has 0 aromatic heterocycles. The Morgan fingerprint density at radius 2 is 2.38 bits per heavy atom. The van der Waals surface area contributed by atoms with Crippen LogP contribution >= 0.6 is 0 Å². The summed E-state index contributed by atoms with van der Waals surface area (Å²) in [6, 6.07) is 0. The lowest BCUT2D eigenvalue weighted by molar-refractivity contribution is 0.606. The summed E-state index contributed by atoms with van der Waals surface area (Å²) in [7, 11) is -0.250. The standard InChI is InChI=1S/C5H14OSi2/c1-2-3-4-5-8(6)7/h4-6,8H,2-3H2,1,7H3. The van der Waals surface area contributed by atoms with Crippen LogP contribution in [-0.4, -0.2) is 23.1 Å². The molecule has 1 atom stereocenters. The molecule has 3 heteroatoms. The van der Waals surface area contributed by atoms with Gasteiger partial charge in [0.1, 0.15) is 0 Å². The van der Waals surface area contributed by atoms with Crippen LogP contribution in [0.2, 0.25) is 0 Å². The van der Waals surface area contributed by atoms with Crippen molar-refractivity contribution in [2.45, 2.75) is 19.8 Å². The Balaban J connectivity index is 3.07. The lowest BCUT2D eigenvalue weighted by atomic mass is 10.3. The Labute approximate surface area is 55.4 Å². The highest BCUT2D eigenvalue weighted by Gasteiger charge is 1.85. The van der Waals surface area contributed by atoms with Gasteiger partial charge in [-0.05, 0) is 6.42 Å². The SMILES string of the molecule is CCCC=C[SiH](O)[SiH3]. The topological polar surface area (TPSA) is 20.2 Å². The third-order valence-electron chi connectivity index (χ3n) is 0.870. The highest BCUT2D eigenvalue weighted by molar-refractivity contribution is 7.01. The molecule has 8 heavy (non-hydrogen) atoms. The largest absolute Gasteiger partial charge is 0.435 e. The Hall–Kier alpha value is 0.134. The number of rotatable bonds is 3. The first-order valence-corrected chi connectivity index (χ1v) is 8.92. The Morgan fingerprint density at radius 3 is 2.75 bits per heavy atom. The zero-order chi connectivity index (χ0) is 6.41. The van der Waals surface area contributed by atoms with Crippen LogP contribution in [0, 0.1) is 0 Å². The van der Waals surface area contributed by atoms with Gasteiger partial charge in [-0.3, -0.25) is 0 Å². The van der Waals surface area contributed by atoms with Gasteiger partial charge >= 0.3 is 0 Å². The zero-order valence-corrected chi connectivity index (χ0v) is 8.75. The second-order valence-electron chi connectivity index (χ2n) is 1.96. The molecule has 0 aliphatic heterocycles. The van der Waals surface area contributed by atoms with Crippen molar-refractivity contribution in [1.29, 1.82) is 0 Å². The third-order valence-corrected chi connectivity index (χ3v) is 2.85. The predicted octanol–water partition coefficient (Wildman–Crippen LogP) is -0.540. The first-order valence-electron chi connectivity index (χ1n) is 3.12. The third kappa shape index (κ3) is 6.13. The van der Waals surface area contributed by atoms with E-state index in [1.165, 1.54) is 6.42 Å². The number of allylic oxidation sites excluding steroid dienone is 1. The first kappa shape index (κ1) is 8.13. The second-order valence-corrected chi connectivity index (χ2v) is 7.37. The van der Waals surface area contributed by atoms with Gasteiger partial charge in [0.25, 0.3) is 0 Å². The minimum absolute atomic E-state index is 0.993. The summed E-state index contributed by atoms with van der Waals surface area (Å²) >= 11 is 0. The van der Waals surface area contributed by atoms with Crippen molar-refractivity contribution < 1.29 is 4.80 Å².